The van der Waals surface area contributed by atoms with Crippen molar-refractivity contribution in [3.8, 4) is 11.5 Å². The van der Waals surface area contributed by atoms with Crippen LogP contribution in [0, 0.1) is 11.8 Å². The van der Waals surface area contributed by atoms with Gasteiger partial charge < -0.3 is 9.47 Å². The van der Waals surface area contributed by atoms with E-state index in [0.29, 0.717) is 22.9 Å². The molecule has 4 amide bonds. The second kappa shape index (κ2) is 11.7. The van der Waals surface area contributed by atoms with E-state index < -0.39 is 47.8 Å². The number of amides is 4. The molecule has 4 aromatic carbocycles. The van der Waals surface area contributed by atoms with Crippen LogP contribution in [0.4, 0.5) is 11.4 Å². The molecule has 242 valence electrons. The first kappa shape index (κ1) is 30.9. The fourth-order valence-corrected chi connectivity index (χ4v) is 8.32. The van der Waals surface area contributed by atoms with Gasteiger partial charge in [-0.05, 0) is 83.9 Å². The van der Waals surface area contributed by atoms with Gasteiger partial charge in [0, 0.05) is 8.95 Å². The molecule has 4 aromatic rings. The lowest BCUT2D eigenvalue weighted by Crippen LogP contribution is -2.50. The molecule has 6 unspecified atom stereocenters. The summed E-state index contributed by atoms with van der Waals surface area (Å²) in [5, 5.41) is 3.70. The van der Waals surface area contributed by atoms with Crippen LogP contribution in [0.5, 0.6) is 11.5 Å². The Balaban J connectivity index is 1.32. The van der Waals surface area contributed by atoms with E-state index in [0.717, 1.165) is 20.1 Å². The first-order valence-corrected chi connectivity index (χ1v) is 16.9. The first-order valence-electron chi connectivity index (χ1n) is 15.3. The summed E-state index contributed by atoms with van der Waals surface area (Å²) in [5.41, 5.74) is 2.36. The summed E-state index contributed by atoms with van der Waals surface area (Å²) in [6.07, 6.45) is 0. The maximum absolute atomic E-state index is 14.6. The van der Waals surface area contributed by atoms with Gasteiger partial charge in [0.15, 0.2) is 0 Å². The molecule has 4 fully saturated rings. The van der Waals surface area contributed by atoms with Crippen LogP contribution in [0.3, 0.4) is 0 Å². The quantitative estimate of drug-likeness (QED) is 0.231. The monoisotopic (exact) mass is 770 g/mol. The summed E-state index contributed by atoms with van der Waals surface area (Å²) in [6, 6.07) is 25.3. The molecule has 0 aromatic heterocycles. The molecule has 4 aliphatic rings. The smallest absolute Gasteiger partial charge is 0.253 e. The number of methoxy groups -OCH3 is 2. The topological polar surface area (TPSA) is 99.7 Å². The lowest BCUT2D eigenvalue weighted by Gasteiger charge is -2.35. The zero-order valence-electron chi connectivity index (χ0n) is 25.7. The maximum atomic E-state index is 14.6. The second-order valence-corrected chi connectivity index (χ2v) is 13.9. The molecule has 0 bridgehead atoms. The van der Waals surface area contributed by atoms with Gasteiger partial charge in [-0.15, -0.1) is 0 Å². The molecule has 0 N–H and O–H groups in total. The molecule has 0 spiro atoms. The Morgan fingerprint density at radius 3 is 1.10 bits per heavy atom. The van der Waals surface area contributed by atoms with Crippen LogP contribution in [0.25, 0.3) is 0 Å². The van der Waals surface area contributed by atoms with Gasteiger partial charge in [0.25, 0.3) is 11.8 Å². The van der Waals surface area contributed by atoms with E-state index in [-0.39, 0.29) is 11.8 Å². The molecule has 4 saturated heterocycles. The summed E-state index contributed by atoms with van der Waals surface area (Å²) in [7, 11) is 3.14. The third kappa shape index (κ3) is 4.50. The fraction of sp³-hybridized carbons (Fsp3) is 0.222. The molecular weight excluding hydrogens is 744 g/mol. The van der Waals surface area contributed by atoms with E-state index >= 15 is 0 Å². The number of halogens is 2. The van der Waals surface area contributed by atoms with Gasteiger partial charge in [-0.3, -0.25) is 19.2 Å². The Hall–Kier alpha value is -4.36. The van der Waals surface area contributed by atoms with E-state index in [4.69, 9.17) is 9.47 Å². The number of imide groups is 2. The van der Waals surface area contributed by atoms with E-state index in [1.807, 2.05) is 34.3 Å². The number of hydrogen-bond acceptors (Lipinski definition) is 8. The Morgan fingerprint density at radius 2 is 0.792 bits per heavy atom. The van der Waals surface area contributed by atoms with Gasteiger partial charge in [0.05, 0.1) is 49.5 Å². The number of hydrazine groups is 1. The highest BCUT2D eigenvalue weighted by Crippen LogP contribution is 2.60. The third-order valence-electron chi connectivity index (χ3n) is 9.81. The Morgan fingerprint density at radius 1 is 0.458 bits per heavy atom. The molecule has 0 radical (unpaired) electrons. The summed E-state index contributed by atoms with van der Waals surface area (Å²) < 4.78 is 12.5. The minimum Gasteiger partial charge on any atom is -0.497 e. The van der Waals surface area contributed by atoms with Crippen LogP contribution < -0.4 is 19.3 Å². The number of anilines is 2. The number of rotatable bonds is 6. The zero-order valence-corrected chi connectivity index (χ0v) is 28.9. The van der Waals surface area contributed by atoms with Gasteiger partial charge >= 0.3 is 0 Å². The minimum atomic E-state index is -0.965. The molecule has 0 aliphatic carbocycles. The number of carbonyl (C=O) groups is 4. The summed E-state index contributed by atoms with van der Waals surface area (Å²) in [5.74, 6) is -2.02. The number of fused-ring (bicyclic) bond motifs is 5. The predicted octanol–water partition coefficient (Wildman–Crippen LogP) is 5.67. The molecule has 4 heterocycles. The third-order valence-corrected chi connectivity index (χ3v) is 10.9. The molecule has 6 atom stereocenters. The molecule has 8 rings (SSSR count). The van der Waals surface area contributed by atoms with Crippen LogP contribution in [0.15, 0.2) is 106 Å². The minimum absolute atomic E-state index is 0.367. The SMILES string of the molecule is COc1ccc(C2C3C(=O)N(c4ccc(Br)cc4)C(=O)C3N3C(c4ccc(OC)cc4)C4C(=O)N(c5ccc(Br)cc5)C(=O)C4N23)cc1. The summed E-state index contributed by atoms with van der Waals surface area (Å²) in [6.45, 7) is 0. The largest absolute Gasteiger partial charge is 0.497 e. The number of benzene rings is 4. The van der Waals surface area contributed by atoms with Crippen molar-refractivity contribution >= 4 is 66.9 Å². The van der Waals surface area contributed by atoms with Gasteiger partial charge in [-0.2, -0.15) is 0 Å². The normalized spacial score (nSPS) is 26.7. The fourth-order valence-electron chi connectivity index (χ4n) is 7.79. The van der Waals surface area contributed by atoms with E-state index in [1.54, 1.807) is 87.0 Å². The van der Waals surface area contributed by atoms with Crippen molar-refractivity contribution in [2.75, 3.05) is 24.0 Å². The Bertz CT molecular complexity index is 1810. The van der Waals surface area contributed by atoms with Gasteiger partial charge in [0.2, 0.25) is 11.8 Å². The van der Waals surface area contributed by atoms with Gasteiger partial charge in [-0.1, -0.05) is 56.1 Å². The average molecular weight is 772 g/mol. The van der Waals surface area contributed by atoms with Crippen molar-refractivity contribution in [3.63, 3.8) is 0 Å². The van der Waals surface area contributed by atoms with Crippen molar-refractivity contribution in [2.45, 2.75) is 24.2 Å². The average Bonchev–Trinajstić information content (AvgIpc) is 3.77. The molecule has 4 aliphatic heterocycles. The van der Waals surface area contributed by atoms with Crippen molar-refractivity contribution in [1.82, 2.24) is 10.0 Å². The van der Waals surface area contributed by atoms with Crippen LogP contribution in [0.1, 0.15) is 23.2 Å². The van der Waals surface area contributed by atoms with Crippen LogP contribution in [-0.4, -0.2) is 59.9 Å². The van der Waals surface area contributed by atoms with E-state index in [1.165, 1.54) is 9.80 Å². The Labute approximate surface area is 293 Å². The molecule has 48 heavy (non-hydrogen) atoms. The molecule has 10 nitrogen and oxygen atoms in total. The molecular formula is C36H28Br2N4O6. The number of carbonyl (C=O) groups excluding carboxylic acids is 4. The van der Waals surface area contributed by atoms with Crippen molar-refractivity contribution in [3.05, 3.63) is 117 Å². The second-order valence-electron chi connectivity index (χ2n) is 12.1. The first-order chi connectivity index (χ1) is 23.2. The van der Waals surface area contributed by atoms with Crippen LogP contribution >= 0.6 is 31.9 Å². The Kier molecular flexibility index (Phi) is 7.51. The van der Waals surface area contributed by atoms with Crippen LogP contribution in [0.2, 0.25) is 0 Å². The van der Waals surface area contributed by atoms with Gasteiger partial charge in [-0.25, -0.2) is 19.8 Å². The zero-order chi connectivity index (χ0) is 33.4. The highest BCUT2D eigenvalue weighted by Gasteiger charge is 2.73. The number of hydrogen-bond donors (Lipinski definition) is 0. The van der Waals surface area contributed by atoms with E-state index in [9.17, 15) is 19.2 Å². The highest BCUT2D eigenvalue weighted by atomic mass is 79.9. The lowest BCUT2D eigenvalue weighted by molar-refractivity contribution is -0.136. The van der Waals surface area contributed by atoms with Gasteiger partial charge in [0.1, 0.15) is 23.6 Å². The summed E-state index contributed by atoms with van der Waals surface area (Å²) in [4.78, 5) is 60.7. The van der Waals surface area contributed by atoms with Crippen molar-refractivity contribution in [1.29, 1.82) is 0 Å². The van der Waals surface area contributed by atoms with Crippen molar-refractivity contribution < 1.29 is 28.7 Å². The highest BCUT2D eigenvalue weighted by molar-refractivity contribution is 9.10. The van der Waals surface area contributed by atoms with Crippen molar-refractivity contribution in [2.24, 2.45) is 11.8 Å². The predicted molar refractivity (Wildman–Crippen MR) is 183 cm³/mol. The molecule has 0 saturated carbocycles. The van der Waals surface area contributed by atoms with E-state index in [2.05, 4.69) is 31.9 Å². The lowest BCUT2D eigenvalue weighted by atomic mass is 9.84. The molecule has 12 heteroatoms. The standard InChI is InChI=1S/C36H28Br2N4O6/c1-47-25-15-3-19(4-16-25)29-27-31(35(45)39(33(27)43)23-11-7-21(37)8-12-23)42-30(20-5-17-26(48-2)18-6-20)28-32(41(29)42)36(46)40(34(28)44)24-13-9-22(38)10-14-24/h3-18,27-32H,1-2H3. The summed E-state index contributed by atoms with van der Waals surface area (Å²) >= 11 is 6.87. The maximum Gasteiger partial charge on any atom is 0.253 e. The number of ether oxygens (including phenoxy) is 2. The number of nitrogens with zero attached hydrogens (tertiary/aromatic N) is 4. The van der Waals surface area contributed by atoms with Crippen LogP contribution in [-0.2, 0) is 19.2 Å².